The van der Waals surface area contributed by atoms with E-state index < -0.39 is 0 Å². The molecule has 0 saturated carbocycles. The molecule has 30 heavy (non-hydrogen) atoms. The molecule has 0 atom stereocenters. The summed E-state index contributed by atoms with van der Waals surface area (Å²) in [5.74, 6) is 0. The number of allylic oxidation sites excluding steroid dienone is 2. The quantitative estimate of drug-likeness (QED) is 0.535. The van der Waals surface area contributed by atoms with E-state index in [9.17, 15) is 9.59 Å². The maximum absolute atomic E-state index is 13.2. The van der Waals surface area contributed by atoms with Crippen molar-refractivity contribution in [2.75, 3.05) is 6.61 Å². The molecule has 158 valence electrons. The minimum Gasteiger partial charge on any atom is -0.370 e. The van der Waals surface area contributed by atoms with E-state index in [0.29, 0.717) is 32.3 Å². The maximum atomic E-state index is 13.2. The molecule has 0 bridgehead atoms. The van der Waals surface area contributed by atoms with Gasteiger partial charge in [-0.05, 0) is 31.1 Å². The average molecular weight is 448 g/mol. The minimum absolute atomic E-state index is 0.0770. The van der Waals surface area contributed by atoms with Gasteiger partial charge in [0.15, 0.2) is 0 Å². The van der Waals surface area contributed by atoms with Crippen molar-refractivity contribution in [1.29, 1.82) is 0 Å². The molecule has 0 unspecified atom stereocenters. The molecule has 0 aliphatic heterocycles. The van der Waals surface area contributed by atoms with Crippen molar-refractivity contribution in [3.8, 4) is 5.69 Å². The summed E-state index contributed by atoms with van der Waals surface area (Å²) in [5, 5.41) is 4.41. The molecule has 2 heterocycles. The van der Waals surface area contributed by atoms with Crippen molar-refractivity contribution in [2.24, 2.45) is 7.05 Å². The third-order valence-corrected chi connectivity index (χ3v) is 5.59. The first-order valence-corrected chi connectivity index (χ1v) is 10.3. The second kappa shape index (κ2) is 9.51. The van der Waals surface area contributed by atoms with Crippen molar-refractivity contribution < 1.29 is 4.74 Å². The van der Waals surface area contributed by atoms with E-state index in [1.54, 1.807) is 37.4 Å². The van der Waals surface area contributed by atoms with Gasteiger partial charge in [0.25, 0.3) is 11.1 Å². The molecule has 0 amide bonds. The Labute approximate surface area is 184 Å². The zero-order chi connectivity index (χ0) is 21.8. The van der Waals surface area contributed by atoms with Gasteiger partial charge in [0.1, 0.15) is 0 Å². The fourth-order valence-electron chi connectivity index (χ4n) is 3.25. The summed E-state index contributed by atoms with van der Waals surface area (Å²) in [7, 11) is 1.62. The first-order chi connectivity index (χ1) is 14.4. The highest BCUT2D eigenvalue weighted by molar-refractivity contribution is 6.32. The highest BCUT2D eigenvalue weighted by Crippen LogP contribution is 2.21. The number of hydrogen-bond acceptors (Lipinski definition) is 3. The molecule has 0 spiro atoms. The number of benzene rings is 1. The summed E-state index contributed by atoms with van der Waals surface area (Å²) in [6, 6.07) is 8.39. The van der Waals surface area contributed by atoms with Crippen LogP contribution in [0.3, 0.4) is 0 Å². The molecule has 0 radical (unpaired) electrons. The topological polar surface area (TPSA) is 69.0 Å². The summed E-state index contributed by atoms with van der Waals surface area (Å²) in [6.45, 7) is 4.22. The molecular weight excluding hydrogens is 425 g/mol. The van der Waals surface area contributed by atoms with Gasteiger partial charge in [0.2, 0.25) is 0 Å². The maximum Gasteiger partial charge on any atom is 0.281 e. The lowest BCUT2D eigenvalue weighted by atomic mass is 10.2. The fraction of sp³-hybridized carbons (Fsp3) is 0.273. The Morgan fingerprint density at radius 1 is 1.27 bits per heavy atom. The van der Waals surface area contributed by atoms with Crippen LogP contribution in [0.25, 0.3) is 16.6 Å². The molecule has 0 aliphatic carbocycles. The van der Waals surface area contributed by atoms with E-state index in [0.717, 1.165) is 12.0 Å². The Balaban J connectivity index is 2.04. The zero-order valence-electron chi connectivity index (χ0n) is 17.0. The molecule has 2 aromatic heterocycles. The van der Waals surface area contributed by atoms with Crippen LogP contribution < -0.4 is 11.1 Å². The number of halogens is 2. The van der Waals surface area contributed by atoms with E-state index >= 15 is 0 Å². The van der Waals surface area contributed by atoms with Crippen LogP contribution in [0, 0.1) is 0 Å². The van der Waals surface area contributed by atoms with Gasteiger partial charge in [0.05, 0.1) is 40.5 Å². The number of aromatic nitrogens is 3. The molecule has 0 saturated heterocycles. The van der Waals surface area contributed by atoms with Crippen molar-refractivity contribution in [3.63, 3.8) is 0 Å². The first-order valence-electron chi connectivity index (χ1n) is 9.56. The molecule has 8 heteroatoms. The number of nitrogens with one attached hydrogen (secondary N) is 1. The third kappa shape index (κ3) is 4.31. The fourth-order valence-corrected chi connectivity index (χ4v) is 3.60. The largest absolute Gasteiger partial charge is 0.370 e. The second-order valence-electron chi connectivity index (χ2n) is 6.75. The zero-order valence-corrected chi connectivity index (χ0v) is 18.5. The van der Waals surface area contributed by atoms with Gasteiger partial charge >= 0.3 is 0 Å². The van der Waals surface area contributed by atoms with Crippen molar-refractivity contribution in [3.05, 3.63) is 84.5 Å². The lowest BCUT2D eigenvalue weighted by molar-refractivity contribution is 0.139. The Morgan fingerprint density at radius 3 is 2.67 bits per heavy atom. The number of hydrogen-bond donors (Lipinski definition) is 1. The SMILES string of the molecule is C/C=C(Cl)\C(=C/CC)COCc1c2c(=O)n(-c3ccccc3Cl)[nH]c2cc(=O)n1C. The van der Waals surface area contributed by atoms with Gasteiger partial charge in [-0.2, -0.15) is 0 Å². The predicted molar refractivity (Wildman–Crippen MR) is 122 cm³/mol. The van der Waals surface area contributed by atoms with Crippen LogP contribution in [0.1, 0.15) is 26.0 Å². The van der Waals surface area contributed by atoms with Crippen molar-refractivity contribution in [2.45, 2.75) is 26.9 Å². The second-order valence-corrected chi connectivity index (χ2v) is 7.56. The van der Waals surface area contributed by atoms with Crippen LogP contribution in [0.5, 0.6) is 0 Å². The van der Waals surface area contributed by atoms with E-state index in [1.165, 1.54) is 15.3 Å². The third-order valence-electron chi connectivity index (χ3n) is 4.81. The molecule has 0 aliphatic rings. The Hall–Kier alpha value is -2.54. The Kier molecular flexibility index (Phi) is 7.02. The Morgan fingerprint density at radius 2 is 2.00 bits per heavy atom. The number of pyridine rings is 1. The smallest absolute Gasteiger partial charge is 0.281 e. The van der Waals surface area contributed by atoms with Gasteiger partial charge in [-0.1, -0.05) is 54.4 Å². The van der Waals surface area contributed by atoms with Crippen LogP contribution in [0.15, 0.2) is 62.7 Å². The van der Waals surface area contributed by atoms with Gasteiger partial charge in [-0.15, -0.1) is 0 Å². The summed E-state index contributed by atoms with van der Waals surface area (Å²) < 4.78 is 8.62. The van der Waals surface area contributed by atoms with Gasteiger partial charge < -0.3 is 9.30 Å². The number of para-hydroxylation sites is 1. The summed E-state index contributed by atoms with van der Waals surface area (Å²) in [6.07, 6.45) is 4.61. The lowest BCUT2D eigenvalue weighted by Crippen LogP contribution is -2.23. The first kappa shape index (κ1) is 22.2. The number of nitrogens with zero attached hydrogens (tertiary/aromatic N) is 2. The van der Waals surface area contributed by atoms with E-state index in [2.05, 4.69) is 5.10 Å². The normalized spacial score (nSPS) is 12.7. The highest BCUT2D eigenvalue weighted by Gasteiger charge is 2.18. The summed E-state index contributed by atoms with van der Waals surface area (Å²) >= 11 is 12.5. The average Bonchev–Trinajstić information content (AvgIpc) is 3.05. The van der Waals surface area contributed by atoms with Crippen LogP contribution in [0.2, 0.25) is 5.02 Å². The van der Waals surface area contributed by atoms with Crippen molar-refractivity contribution in [1.82, 2.24) is 14.3 Å². The number of rotatable bonds is 7. The van der Waals surface area contributed by atoms with Crippen LogP contribution >= 0.6 is 23.2 Å². The lowest BCUT2D eigenvalue weighted by Gasteiger charge is -2.11. The van der Waals surface area contributed by atoms with Gasteiger partial charge in [-0.25, -0.2) is 4.68 Å². The monoisotopic (exact) mass is 447 g/mol. The minimum atomic E-state index is -0.303. The van der Waals surface area contributed by atoms with E-state index in [1.807, 2.05) is 19.9 Å². The van der Waals surface area contributed by atoms with Crippen molar-refractivity contribution >= 4 is 34.1 Å². The van der Waals surface area contributed by atoms with Crippen LogP contribution in [0.4, 0.5) is 0 Å². The standard InChI is InChI=1S/C22H23Cl2N3O3/c1-4-8-14(15(23)5-2)12-30-13-19-21-17(11-20(28)26(19)3)25-27(22(21)29)18-10-7-6-9-16(18)24/h5-11,25H,4,12-13H2,1-3H3/b14-8-,15-5+. The number of aromatic amines is 1. The molecule has 0 fully saturated rings. The molecule has 1 aromatic carbocycles. The molecule has 3 rings (SSSR count). The molecule has 3 aromatic rings. The number of H-pyrrole nitrogens is 1. The predicted octanol–water partition coefficient (Wildman–Crippen LogP) is 4.67. The van der Waals surface area contributed by atoms with Gasteiger partial charge in [-0.3, -0.25) is 14.7 Å². The van der Waals surface area contributed by atoms with Gasteiger partial charge in [0, 0.05) is 18.1 Å². The van der Waals surface area contributed by atoms with E-state index in [-0.39, 0.29) is 24.3 Å². The number of fused-ring (bicyclic) bond motifs is 1. The molecule has 6 nitrogen and oxygen atoms in total. The van der Waals surface area contributed by atoms with Crippen LogP contribution in [-0.2, 0) is 18.4 Å². The summed E-state index contributed by atoms with van der Waals surface area (Å²) in [5.41, 5.74) is 1.73. The molecule has 1 N–H and O–H groups in total. The van der Waals surface area contributed by atoms with Crippen LogP contribution in [-0.4, -0.2) is 21.0 Å². The summed E-state index contributed by atoms with van der Waals surface area (Å²) in [4.78, 5) is 25.6. The highest BCUT2D eigenvalue weighted by atomic mass is 35.5. The molecular formula is C22H23Cl2N3O3. The number of ether oxygens (including phenoxy) is 1. The Bertz CT molecular complexity index is 1250. The van der Waals surface area contributed by atoms with E-state index in [4.69, 9.17) is 27.9 Å².